The first-order chi connectivity index (χ1) is 15.9. The van der Waals surface area contributed by atoms with Crippen molar-refractivity contribution in [2.24, 2.45) is 0 Å². The average molecular weight is 444 g/mol. The van der Waals surface area contributed by atoms with Crippen LogP contribution in [0, 0.1) is 0 Å². The van der Waals surface area contributed by atoms with Gasteiger partial charge in [-0.15, -0.1) is 0 Å². The first kappa shape index (κ1) is 20.1. The lowest BCUT2D eigenvalue weighted by Crippen LogP contribution is -2.61. The van der Waals surface area contributed by atoms with Crippen LogP contribution in [0.4, 0.5) is 0 Å². The number of fused-ring (bicyclic) bond motifs is 2. The lowest BCUT2D eigenvalue weighted by atomic mass is 9.91. The number of carboxylic acids is 1. The molecule has 0 unspecified atom stereocenters. The van der Waals surface area contributed by atoms with Gasteiger partial charge in [0.2, 0.25) is 6.29 Å². The van der Waals surface area contributed by atoms with Gasteiger partial charge in [0.25, 0.3) is 0 Å². The van der Waals surface area contributed by atoms with Crippen molar-refractivity contribution in [3.8, 4) is 5.75 Å². The lowest BCUT2D eigenvalue weighted by molar-refractivity contribution is -0.270. The van der Waals surface area contributed by atoms with E-state index in [1.165, 1.54) is 0 Å². The third-order valence-corrected chi connectivity index (χ3v) is 6.52. The van der Waals surface area contributed by atoms with E-state index >= 15 is 0 Å². The zero-order valence-corrected chi connectivity index (χ0v) is 17.3. The van der Waals surface area contributed by atoms with Gasteiger partial charge in [-0.25, -0.2) is 4.79 Å². The van der Waals surface area contributed by atoms with Crippen molar-refractivity contribution in [2.75, 3.05) is 0 Å². The van der Waals surface area contributed by atoms with Gasteiger partial charge in [0.15, 0.2) is 6.10 Å². The van der Waals surface area contributed by atoms with Crippen LogP contribution in [0.2, 0.25) is 0 Å². The third kappa shape index (κ3) is 2.94. The van der Waals surface area contributed by atoms with Crippen LogP contribution in [0.15, 0.2) is 66.7 Å². The molecule has 166 valence electrons. The Labute approximate surface area is 187 Å². The molecule has 0 aliphatic carbocycles. The van der Waals surface area contributed by atoms with Crippen LogP contribution in [-0.2, 0) is 9.53 Å². The summed E-state index contributed by atoms with van der Waals surface area (Å²) in [5, 5.41) is 48.1. The highest BCUT2D eigenvalue weighted by Crippen LogP contribution is 2.42. The second-order valence-corrected chi connectivity index (χ2v) is 8.44. The quantitative estimate of drug-likeness (QED) is 0.250. The maximum absolute atomic E-state index is 11.4. The minimum absolute atomic E-state index is 0.377. The Hall–Kier alpha value is -3.49. The van der Waals surface area contributed by atoms with E-state index in [4.69, 9.17) is 9.47 Å². The summed E-state index contributed by atoms with van der Waals surface area (Å²) in [5.74, 6) is -1.08. The highest BCUT2D eigenvalue weighted by Gasteiger charge is 2.48. The number of benzene rings is 5. The normalized spacial score (nSPS) is 25.8. The van der Waals surface area contributed by atoms with Crippen LogP contribution in [-0.4, -0.2) is 57.1 Å². The van der Waals surface area contributed by atoms with Crippen LogP contribution in [0.3, 0.4) is 0 Å². The molecule has 6 rings (SSSR count). The van der Waals surface area contributed by atoms with Crippen LogP contribution in [0.5, 0.6) is 5.75 Å². The van der Waals surface area contributed by atoms with E-state index in [1.54, 1.807) is 6.07 Å². The molecular weight excluding hydrogens is 424 g/mol. The van der Waals surface area contributed by atoms with Gasteiger partial charge in [-0.1, -0.05) is 48.5 Å². The van der Waals surface area contributed by atoms with E-state index in [9.17, 15) is 25.2 Å². The van der Waals surface area contributed by atoms with Gasteiger partial charge in [0.1, 0.15) is 24.1 Å². The minimum Gasteiger partial charge on any atom is -0.479 e. The fraction of sp³-hybridized carbons (Fsp3) is 0.192. The van der Waals surface area contributed by atoms with Crippen molar-refractivity contribution in [3.05, 3.63) is 66.7 Å². The molecule has 7 nitrogen and oxygen atoms in total. The first-order valence-corrected chi connectivity index (χ1v) is 10.6. The second-order valence-electron chi connectivity index (χ2n) is 8.44. The second kappa shape index (κ2) is 7.26. The summed E-state index contributed by atoms with van der Waals surface area (Å²) in [5.41, 5.74) is 0. The molecule has 33 heavy (non-hydrogen) atoms. The van der Waals surface area contributed by atoms with Gasteiger partial charge in [-0.05, 0) is 50.5 Å². The van der Waals surface area contributed by atoms with Gasteiger partial charge in [-0.2, -0.15) is 0 Å². The van der Waals surface area contributed by atoms with E-state index in [0.29, 0.717) is 5.75 Å². The Balaban J connectivity index is 1.51. The zero-order valence-electron chi connectivity index (χ0n) is 17.3. The molecule has 4 N–H and O–H groups in total. The van der Waals surface area contributed by atoms with Crippen molar-refractivity contribution in [2.45, 2.75) is 30.7 Å². The maximum Gasteiger partial charge on any atom is 0.335 e. The molecule has 0 bridgehead atoms. The van der Waals surface area contributed by atoms with Gasteiger partial charge < -0.3 is 29.9 Å². The summed E-state index contributed by atoms with van der Waals surface area (Å²) in [6.45, 7) is 0. The first-order valence-electron chi connectivity index (χ1n) is 10.6. The summed E-state index contributed by atoms with van der Waals surface area (Å²) < 4.78 is 11.2. The smallest absolute Gasteiger partial charge is 0.335 e. The molecule has 5 aromatic carbocycles. The molecule has 1 heterocycles. The molecule has 1 aliphatic rings. The summed E-state index contributed by atoms with van der Waals surface area (Å²) in [7, 11) is 0. The Bertz CT molecular complexity index is 1530. The SMILES string of the molecule is O=C(O)[C@H]1O[C@@H](Oc2ccc3ccc4c5ccccc5cc5ccc2c3c54)[C@H](O)[C@@H](O)[C@@H]1O. The van der Waals surface area contributed by atoms with Gasteiger partial charge in [0, 0.05) is 10.8 Å². The standard InChI is InChI=1S/C26H20O7/c27-21-22(28)24(25(30)31)33-26(23(21)29)32-18-10-7-12-5-8-16-15-4-2-1-3-13(15)11-14-6-9-17(18)19(12)20(14)16/h1-11,21-24,26-29H,(H,30,31)/t21-,22-,23+,24-,26+/m0/s1. The van der Waals surface area contributed by atoms with Gasteiger partial charge in [0.05, 0.1) is 0 Å². The monoisotopic (exact) mass is 444 g/mol. The highest BCUT2D eigenvalue weighted by molar-refractivity contribution is 6.29. The average Bonchev–Trinajstić information content (AvgIpc) is 2.82. The molecule has 1 aliphatic heterocycles. The van der Waals surface area contributed by atoms with Crippen molar-refractivity contribution >= 4 is 49.1 Å². The van der Waals surface area contributed by atoms with Crippen LogP contribution < -0.4 is 4.74 Å². The number of aliphatic carboxylic acids is 1. The van der Waals surface area contributed by atoms with Crippen molar-refractivity contribution in [1.29, 1.82) is 0 Å². The predicted octanol–water partition coefficient (Wildman–Crippen LogP) is 3.01. The largest absolute Gasteiger partial charge is 0.479 e. The number of hydrogen-bond acceptors (Lipinski definition) is 6. The highest BCUT2D eigenvalue weighted by atomic mass is 16.7. The lowest BCUT2D eigenvalue weighted by Gasteiger charge is -2.38. The van der Waals surface area contributed by atoms with Crippen LogP contribution >= 0.6 is 0 Å². The Morgan fingerprint density at radius 3 is 2.24 bits per heavy atom. The van der Waals surface area contributed by atoms with E-state index in [2.05, 4.69) is 24.3 Å². The molecule has 0 amide bonds. The molecular formula is C26H20O7. The number of rotatable bonds is 3. The number of carboxylic acid groups (broad SMARTS) is 1. The van der Waals surface area contributed by atoms with E-state index in [1.807, 2.05) is 36.4 Å². The predicted molar refractivity (Wildman–Crippen MR) is 123 cm³/mol. The molecule has 1 saturated heterocycles. The van der Waals surface area contributed by atoms with Crippen molar-refractivity contribution in [3.63, 3.8) is 0 Å². The third-order valence-electron chi connectivity index (χ3n) is 6.52. The van der Waals surface area contributed by atoms with E-state index in [-0.39, 0.29) is 0 Å². The van der Waals surface area contributed by atoms with E-state index in [0.717, 1.165) is 43.1 Å². The Morgan fingerprint density at radius 1 is 0.727 bits per heavy atom. The summed E-state index contributed by atoms with van der Waals surface area (Å²) in [6.07, 6.45) is -8.32. The van der Waals surface area contributed by atoms with Crippen molar-refractivity contribution < 1.29 is 34.7 Å². The molecule has 0 radical (unpaired) electrons. The number of aliphatic hydroxyl groups is 3. The summed E-state index contributed by atoms with van der Waals surface area (Å²) >= 11 is 0. The summed E-state index contributed by atoms with van der Waals surface area (Å²) in [4.78, 5) is 11.4. The minimum atomic E-state index is -1.77. The van der Waals surface area contributed by atoms with Crippen LogP contribution in [0.1, 0.15) is 0 Å². The summed E-state index contributed by atoms with van der Waals surface area (Å²) in [6, 6.07) is 22.0. The van der Waals surface area contributed by atoms with Gasteiger partial charge in [-0.3, -0.25) is 0 Å². The fourth-order valence-corrected chi connectivity index (χ4v) is 4.91. The number of hydrogen-bond donors (Lipinski definition) is 4. The molecule has 1 fully saturated rings. The topological polar surface area (TPSA) is 116 Å². The number of ether oxygens (including phenoxy) is 2. The van der Waals surface area contributed by atoms with E-state index < -0.39 is 36.7 Å². The number of aliphatic hydroxyl groups excluding tert-OH is 3. The molecule has 0 spiro atoms. The van der Waals surface area contributed by atoms with Crippen LogP contribution in [0.25, 0.3) is 43.1 Å². The molecule has 0 aromatic heterocycles. The Morgan fingerprint density at radius 2 is 1.42 bits per heavy atom. The molecule has 7 heteroatoms. The molecule has 5 atom stereocenters. The van der Waals surface area contributed by atoms with Crippen molar-refractivity contribution in [1.82, 2.24) is 0 Å². The Kier molecular flexibility index (Phi) is 4.43. The maximum atomic E-state index is 11.4. The number of carbonyl (C=O) groups is 1. The molecule has 5 aromatic rings. The van der Waals surface area contributed by atoms with Gasteiger partial charge >= 0.3 is 5.97 Å². The zero-order chi connectivity index (χ0) is 22.9. The fourth-order valence-electron chi connectivity index (χ4n) is 4.91. The molecule has 0 saturated carbocycles.